The molecule has 0 saturated carbocycles. The molecule has 7 heteroatoms. The van der Waals surface area contributed by atoms with E-state index in [1.54, 1.807) is 0 Å². The minimum absolute atomic E-state index is 0. The zero-order valence-electron chi connectivity index (χ0n) is 16.4. The first-order chi connectivity index (χ1) is 12.0. The van der Waals surface area contributed by atoms with Crippen LogP contribution in [-0.2, 0) is 6.54 Å². The summed E-state index contributed by atoms with van der Waals surface area (Å²) in [6.45, 7) is 9.77. The van der Waals surface area contributed by atoms with Crippen molar-refractivity contribution in [2.75, 3.05) is 60.4 Å². The zero-order chi connectivity index (χ0) is 18.2. The molecule has 1 aliphatic heterocycles. The lowest BCUT2D eigenvalue weighted by atomic mass is 10.1. The van der Waals surface area contributed by atoms with Crippen molar-refractivity contribution in [3.8, 4) is 0 Å². The van der Waals surface area contributed by atoms with E-state index in [-0.39, 0.29) is 24.0 Å². The Balaban J connectivity index is 0.00000338. The van der Waals surface area contributed by atoms with Gasteiger partial charge in [-0.1, -0.05) is 36.7 Å². The van der Waals surface area contributed by atoms with Crippen LogP contribution in [0.1, 0.15) is 12.5 Å². The summed E-state index contributed by atoms with van der Waals surface area (Å²) < 4.78 is 0. The van der Waals surface area contributed by atoms with Gasteiger partial charge in [0.25, 0.3) is 0 Å². The van der Waals surface area contributed by atoms with Crippen molar-refractivity contribution in [3.05, 3.63) is 34.9 Å². The fraction of sp³-hybridized carbons (Fsp3) is 0.632. The molecule has 1 unspecified atom stereocenters. The van der Waals surface area contributed by atoms with Crippen molar-refractivity contribution >= 4 is 41.5 Å². The maximum atomic E-state index is 6.27. The largest absolute Gasteiger partial charge is 0.356 e. The molecular formula is C19H33ClIN5. The normalized spacial score (nSPS) is 17.5. The molecule has 1 aromatic rings. The van der Waals surface area contributed by atoms with Crippen molar-refractivity contribution in [2.45, 2.75) is 13.5 Å². The predicted octanol–water partition coefficient (Wildman–Crippen LogP) is 2.85. The van der Waals surface area contributed by atoms with Gasteiger partial charge < -0.3 is 20.0 Å². The summed E-state index contributed by atoms with van der Waals surface area (Å²) in [5.74, 6) is 1.49. The summed E-state index contributed by atoms with van der Waals surface area (Å²) in [4.78, 5) is 11.5. The Bertz CT molecular complexity index is 561. The number of benzene rings is 1. The number of aliphatic imine (C=N–C) groups is 1. The number of piperazine rings is 1. The maximum absolute atomic E-state index is 6.27. The van der Waals surface area contributed by atoms with Crippen molar-refractivity contribution in [2.24, 2.45) is 10.9 Å². The van der Waals surface area contributed by atoms with Crippen LogP contribution in [0.5, 0.6) is 0 Å². The summed E-state index contributed by atoms with van der Waals surface area (Å²) in [6.07, 6.45) is 0. The maximum Gasteiger partial charge on any atom is 0.193 e. The molecule has 148 valence electrons. The van der Waals surface area contributed by atoms with Gasteiger partial charge in [0.05, 0.1) is 0 Å². The summed E-state index contributed by atoms with van der Waals surface area (Å²) in [7, 11) is 6.07. The second-order valence-corrected chi connectivity index (χ2v) is 7.49. The van der Waals surface area contributed by atoms with E-state index in [2.05, 4.69) is 45.0 Å². The number of rotatable bonds is 6. The second-order valence-electron chi connectivity index (χ2n) is 7.08. The number of guanidine groups is 1. The Hall–Kier alpha value is -0.570. The summed E-state index contributed by atoms with van der Waals surface area (Å²) in [5.41, 5.74) is 1.11. The molecule has 5 nitrogen and oxygen atoms in total. The first kappa shape index (κ1) is 23.5. The molecule has 1 fully saturated rings. The highest BCUT2D eigenvalue weighted by Crippen LogP contribution is 2.16. The van der Waals surface area contributed by atoms with Crippen LogP contribution in [0.4, 0.5) is 0 Å². The predicted molar refractivity (Wildman–Crippen MR) is 123 cm³/mol. The molecule has 1 heterocycles. The lowest BCUT2D eigenvalue weighted by Crippen LogP contribution is -2.47. The summed E-state index contributed by atoms with van der Waals surface area (Å²) in [5, 5.41) is 4.30. The second kappa shape index (κ2) is 12.0. The Kier molecular flexibility index (Phi) is 10.8. The molecule has 0 radical (unpaired) electrons. The fourth-order valence-electron chi connectivity index (χ4n) is 3.14. The molecule has 0 spiro atoms. The smallest absolute Gasteiger partial charge is 0.193 e. The Morgan fingerprint density at radius 2 is 1.92 bits per heavy atom. The van der Waals surface area contributed by atoms with Gasteiger partial charge in [-0.05, 0) is 24.6 Å². The Labute approximate surface area is 180 Å². The number of halogens is 2. The van der Waals surface area contributed by atoms with Crippen LogP contribution < -0.4 is 5.32 Å². The molecule has 1 N–H and O–H groups in total. The minimum Gasteiger partial charge on any atom is -0.356 e. The highest BCUT2D eigenvalue weighted by molar-refractivity contribution is 14.0. The van der Waals surface area contributed by atoms with Crippen molar-refractivity contribution in [3.63, 3.8) is 0 Å². The van der Waals surface area contributed by atoms with E-state index >= 15 is 0 Å². The molecule has 2 rings (SSSR count). The van der Waals surface area contributed by atoms with E-state index in [1.165, 1.54) is 26.2 Å². The molecule has 1 aliphatic rings. The van der Waals surface area contributed by atoms with Gasteiger partial charge in [-0.25, -0.2) is 0 Å². The van der Waals surface area contributed by atoms with E-state index in [1.807, 2.05) is 32.3 Å². The third-order valence-electron chi connectivity index (χ3n) is 4.71. The standard InChI is InChI=1S/C19H32ClN5.HI/c1-16(14-25-11-9-23(3)10-12-25)13-22-19(21-2)24(4)15-17-7-5-6-8-18(17)20;/h5-8,16H,9-15H2,1-4H3,(H,21,22);1H. The van der Waals surface area contributed by atoms with Gasteiger partial charge >= 0.3 is 0 Å². The molecule has 0 aliphatic carbocycles. The van der Waals surface area contributed by atoms with Crippen molar-refractivity contribution in [1.29, 1.82) is 0 Å². The average Bonchev–Trinajstić information content (AvgIpc) is 2.59. The summed E-state index contributed by atoms with van der Waals surface area (Å²) >= 11 is 6.27. The molecule has 1 atom stereocenters. The molecule has 26 heavy (non-hydrogen) atoms. The summed E-state index contributed by atoms with van der Waals surface area (Å²) in [6, 6.07) is 7.96. The molecular weight excluding hydrogens is 461 g/mol. The van der Waals surface area contributed by atoms with Gasteiger partial charge in [0, 0.05) is 64.9 Å². The molecule has 0 amide bonds. The van der Waals surface area contributed by atoms with Crippen LogP contribution in [0.25, 0.3) is 0 Å². The first-order valence-corrected chi connectivity index (χ1v) is 9.43. The monoisotopic (exact) mass is 493 g/mol. The highest BCUT2D eigenvalue weighted by Gasteiger charge is 2.17. The van der Waals surface area contributed by atoms with Crippen LogP contribution in [0, 0.1) is 5.92 Å². The van der Waals surface area contributed by atoms with Crippen LogP contribution in [0.3, 0.4) is 0 Å². The number of hydrogen-bond acceptors (Lipinski definition) is 3. The topological polar surface area (TPSA) is 34.1 Å². The van der Waals surface area contributed by atoms with Gasteiger partial charge in [0.15, 0.2) is 5.96 Å². The van der Waals surface area contributed by atoms with Gasteiger partial charge in [-0.2, -0.15) is 0 Å². The minimum atomic E-state index is 0. The van der Waals surface area contributed by atoms with E-state index in [0.29, 0.717) is 5.92 Å². The van der Waals surface area contributed by atoms with Crippen LogP contribution in [0.15, 0.2) is 29.3 Å². The lowest BCUT2D eigenvalue weighted by molar-refractivity contribution is 0.139. The third-order valence-corrected chi connectivity index (χ3v) is 5.08. The highest BCUT2D eigenvalue weighted by atomic mass is 127. The lowest BCUT2D eigenvalue weighted by Gasteiger charge is -2.34. The van der Waals surface area contributed by atoms with Crippen LogP contribution in [-0.4, -0.2) is 81.1 Å². The van der Waals surface area contributed by atoms with Crippen molar-refractivity contribution < 1.29 is 0 Å². The number of hydrogen-bond donors (Lipinski definition) is 1. The zero-order valence-corrected chi connectivity index (χ0v) is 19.5. The van der Waals surface area contributed by atoms with Gasteiger partial charge in [0.1, 0.15) is 0 Å². The Morgan fingerprint density at radius 3 is 2.54 bits per heavy atom. The quantitative estimate of drug-likeness (QED) is 0.375. The van der Waals surface area contributed by atoms with Gasteiger partial charge in [0.2, 0.25) is 0 Å². The molecule has 0 aromatic heterocycles. The van der Waals surface area contributed by atoms with E-state index in [4.69, 9.17) is 11.6 Å². The number of nitrogens with zero attached hydrogens (tertiary/aromatic N) is 4. The van der Waals surface area contributed by atoms with E-state index < -0.39 is 0 Å². The average molecular weight is 494 g/mol. The molecule has 0 bridgehead atoms. The third kappa shape index (κ3) is 7.58. The van der Waals surface area contributed by atoms with Crippen LogP contribution >= 0.6 is 35.6 Å². The number of nitrogens with one attached hydrogen (secondary N) is 1. The van der Waals surface area contributed by atoms with Crippen molar-refractivity contribution in [1.82, 2.24) is 20.0 Å². The Morgan fingerprint density at radius 1 is 1.27 bits per heavy atom. The first-order valence-electron chi connectivity index (χ1n) is 9.05. The fourth-order valence-corrected chi connectivity index (χ4v) is 3.34. The molecule has 1 aromatic carbocycles. The van der Waals surface area contributed by atoms with Gasteiger partial charge in [-0.3, -0.25) is 4.99 Å². The van der Waals surface area contributed by atoms with E-state index in [9.17, 15) is 0 Å². The number of likely N-dealkylation sites (N-methyl/N-ethyl adjacent to an activating group) is 1. The molecule has 1 saturated heterocycles. The van der Waals surface area contributed by atoms with Gasteiger partial charge in [-0.15, -0.1) is 24.0 Å². The van der Waals surface area contributed by atoms with Crippen LogP contribution in [0.2, 0.25) is 5.02 Å². The van der Waals surface area contributed by atoms with E-state index in [0.717, 1.165) is 36.2 Å². The SMILES string of the molecule is CN=C(NCC(C)CN1CCN(C)CC1)N(C)Cc1ccccc1Cl.I.